The van der Waals surface area contributed by atoms with Gasteiger partial charge < -0.3 is 5.73 Å². The van der Waals surface area contributed by atoms with Gasteiger partial charge in [-0.05, 0) is 37.9 Å². The van der Waals surface area contributed by atoms with Crippen LogP contribution in [0.4, 0.5) is 0 Å². The molecule has 2 rings (SSSR count). The second kappa shape index (κ2) is 5.41. The summed E-state index contributed by atoms with van der Waals surface area (Å²) < 4.78 is 0. The first kappa shape index (κ1) is 11.6. The molecule has 1 fully saturated rings. The minimum atomic E-state index is 0.261. The van der Waals surface area contributed by atoms with E-state index in [4.69, 9.17) is 5.73 Å². The van der Waals surface area contributed by atoms with Crippen molar-refractivity contribution < 1.29 is 0 Å². The van der Waals surface area contributed by atoms with Crippen LogP contribution in [0.25, 0.3) is 0 Å². The van der Waals surface area contributed by atoms with E-state index in [1.807, 2.05) is 18.5 Å². The number of likely N-dealkylation sites (tertiary alicyclic amines) is 1. The van der Waals surface area contributed by atoms with Crippen molar-refractivity contribution in [1.29, 1.82) is 0 Å². The highest BCUT2D eigenvalue weighted by Crippen LogP contribution is 2.20. The van der Waals surface area contributed by atoms with Gasteiger partial charge in [0.25, 0.3) is 0 Å². The molecule has 3 heteroatoms. The van der Waals surface area contributed by atoms with Crippen LogP contribution in [-0.2, 0) is 6.54 Å². The molecule has 0 aromatic carbocycles. The first-order chi connectivity index (χ1) is 7.77. The highest BCUT2D eigenvalue weighted by atomic mass is 15.2. The summed E-state index contributed by atoms with van der Waals surface area (Å²) in [7, 11) is 0. The van der Waals surface area contributed by atoms with Crippen molar-refractivity contribution in [3.05, 3.63) is 30.1 Å². The molecule has 0 aliphatic carbocycles. The molecular weight excluding hydrogens is 198 g/mol. The van der Waals surface area contributed by atoms with Crippen LogP contribution in [0.1, 0.15) is 31.7 Å². The summed E-state index contributed by atoms with van der Waals surface area (Å²) >= 11 is 0. The van der Waals surface area contributed by atoms with Crippen molar-refractivity contribution >= 4 is 0 Å². The van der Waals surface area contributed by atoms with Gasteiger partial charge in [0, 0.05) is 31.0 Å². The molecule has 3 nitrogen and oxygen atoms in total. The molecule has 2 atom stereocenters. The van der Waals surface area contributed by atoms with Crippen LogP contribution in [0.3, 0.4) is 0 Å². The van der Waals surface area contributed by atoms with E-state index in [1.54, 1.807) is 0 Å². The van der Waals surface area contributed by atoms with Crippen LogP contribution in [0.15, 0.2) is 24.5 Å². The lowest BCUT2D eigenvalue weighted by molar-refractivity contribution is 0.123. The molecule has 0 amide bonds. The number of pyridine rings is 1. The molecule has 0 saturated carbocycles. The zero-order valence-corrected chi connectivity index (χ0v) is 9.97. The minimum absolute atomic E-state index is 0.261. The summed E-state index contributed by atoms with van der Waals surface area (Å²) in [5.41, 5.74) is 7.34. The third-order valence-electron chi connectivity index (χ3n) is 3.38. The van der Waals surface area contributed by atoms with Crippen molar-refractivity contribution in [3.8, 4) is 0 Å². The van der Waals surface area contributed by atoms with Crippen LogP contribution >= 0.6 is 0 Å². The number of piperidine rings is 1. The summed E-state index contributed by atoms with van der Waals surface area (Å²) in [5, 5.41) is 0. The molecule has 1 aromatic rings. The van der Waals surface area contributed by atoms with E-state index in [0.717, 1.165) is 6.54 Å². The monoisotopic (exact) mass is 219 g/mol. The van der Waals surface area contributed by atoms with Gasteiger partial charge in [-0.25, -0.2) is 0 Å². The molecule has 0 radical (unpaired) electrons. The molecule has 0 bridgehead atoms. The van der Waals surface area contributed by atoms with Crippen LogP contribution < -0.4 is 5.73 Å². The Labute approximate surface area is 97.7 Å². The maximum atomic E-state index is 6.05. The first-order valence-electron chi connectivity index (χ1n) is 6.16. The third kappa shape index (κ3) is 2.80. The third-order valence-corrected chi connectivity index (χ3v) is 3.38. The topological polar surface area (TPSA) is 42.1 Å². The second-order valence-electron chi connectivity index (χ2n) is 4.75. The lowest BCUT2D eigenvalue weighted by Gasteiger charge is -2.38. The van der Waals surface area contributed by atoms with E-state index in [9.17, 15) is 0 Å². The molecule has 1 saturated heterocycles. The van der Waals surface area contributed by atoms with Gasteiger partial charge in [0.1, 0.15) is 0 Å². The van der Waals surface area contributed by atoms with E-state index >= 15 is 0 Å². The van der Waals surface area contributed by atoms with E-state index in [1.165, 1.54) is 31.4 Å². The van der Waals surface area contributed by atoms with Gasteiger partial charge in [0.15, 0.2) is 0 Å². The lowest BCUT2D eigenvalue weighted by Crippen LogP contribution is -2.48. The molecule has 1 aliphatic rings. The molecule has 2 N–H and O–H groups in total. The quantitative estimate of drug-likeness (QED) is 0.842. The smallest absolute Gasteiger partial charge is 0.0312 e. The van der Waals surface area contributed by atoms with E-state index < -0.39 is 0 Å². The van der Waals surface area contributed by atoms with Gasteiger partial charge in [-0.3, -0.25) is 9.88 Å². The Hall–Kier alpha value is -0.930. The summed E-state index contributed by atoms with van der Waals surface area (Å²) in [6.45, 7) is 4.27. The second-order valence-corrected chi connectivity index (χ2v) is 4.75. The summed E-state index contributed by atoms with van der Waals surface area (Å²) in [5.74, 6) is 0. The van der Waals surface area contributed by atoms with Gasteiger partial charge in [0.2, 0.25) is 0 Å². The van der Waals surface area contributed by atoms with Crippen molar-refractivity contribution in [3.63, 3.8) is 0 Å². The van der Waals surface area contributed by atoms with Crippen LogP contribution in [0.5, 0.6) is 0 Å². The fraction of sp³-hybridized carbons (Fsp3) is 0.615. The summed E-state index contributed by atoms with van der Waals surface area (Å²) in [6, 6.07) is 4.94. The molecule has 2 unspecified atom stereocenters. The van der Waals surface area contributed by atoms with Crippen molar-refractivity contribution in [2.75, 3.05) is 6.54 Å². The molecule has 16 heavy (non-hydrogen) atoms. The zero-order chi connectivity index (χ0) is 11.4. The molecule has 0 spiro atoms. The predicted molar refractivity (Wildman–Crippen MR) is 65.9 cm³/mol. The van der Waals surface area contributed by atoms with Crippen molar-refractivity contribution in [2.24, 2.45) is 5.73 Å². The fourth-order valence-electron chi connectivity index (χ4n) is 2.53. The SMILES string of the molecule is CC(N)C1CCCCN1Cc1cccnc1. The minimum Gasteiger partial charge on any atom is -0.327 e. The van der Waals surface area contributed by atoms with Crippen LogP contribution in [0, 0.1) is 0 Å². The highest BCUT2D eigenvalue weighted by molar-refractivity contribution is 5.08. The summed E-state index contributed by atoms with van der Waals surface area (Å²) in [4.78, 5) is 6.67. The maximum absolute atomic E-state index is 6.05. The van der Waals surface area contributed by atoms with E-state index in [-0.39, 0.29) is 6.04 Å². The van der Waals surface area contributed by atoms with Crippen molar-refractivity contribution in [1.82, 2.24) is 9.88 Å². The van der Waals surface area contributed by atoms with E-state index in [2.05, 4.69) is 22.9 Å². The van der Waals surface area contributed by atoms with Gasteiger partial charge in [-0.2, -0.15) is 0 Å². The van der Waals surface area contributed by atoms with Gasteiger partial charge in [-0.1, -0.05) is 12.5 Å². The highest BCUT2D eigenvalue weighted by Gasteiger charge is 2.25. The number of nitrogens with two attached hydrogens (primary N) is 1. The standard InChI is InChI=1S/C13H21N3/c1-11(14)13-6-2-3-8-16(13)10-12-5-4-7-15-9-12/h4-5,7,9,11,13H,2-3,6,8,10,14H2,1H3. The molecule has 1 aliphatic heterocycles. The fourth-order valence-corrected chi connectivity index (χ4v) is 2.53. The van der Waals surface area contributed by atoms with Crippen molar-refractivity contribution in [2.45, 2.75) is 44.8 Å². The normalized spacial score (nSPS) is 24.2. The van der Waals surface area contributed by atoms with Gasteiger partial charge in [-0.15, -0.1) is 0 Å². The Balaban J connectivity index is 2.01. The predicted octanol–water partition coefficient (Wildman–Crippen LogP) is 1.78. The number of aromatic nitrogens is 1. The van der Waals surface area contributed by atoms with Crippen LogP contribution in [0.2, 0.25) is 0 Å². The number of nitrogens with zero attached hydrogens (tertiary/aromatic N) is 2. The average Bonchev–Trinajstić information content (AvgIpc) is 2.31. The first-order valence-corrected chi connectivity index (χ1v) is 6.16. The number of hydrogen-bond acceptors (Lipinski definition) is 3. The Morgan fingerprint density at radius 2 is 2.44 bits per heavy atom. The Morgan fingerprint density at radius 1 is 1.56 bits per heavy atom. The Morgan fingerprint density at radius 3 is 3.12 bits per heavy atom. The largest absolute Gasteiger partial charge is 0.327 e. The van der Waals surface area contributed by atoms with Gasteiger partial charge in [0.05, 0.1) is 0 Å². The van der Waals surface area contributed by atoms with Crippen LogP contribution in [-0.4, -0.2) is 28.5 Å². The molecular formula is C13H21N3. The Bertz CT molecular complexity index is 310. The maximum Gasteiger partial charge on any atom is 0.0312 e. The lowest BCUT2D eigenvalue weighted by atomic mass is 9.96. The average molecular weight is 219 g/mol. The zero-order valence-electron chi connectivity index (χ0n) is 9.97. The van der Waals surface area contributed by atoms with Gasteiger partial charge >= 0.3 is 0 Å². The Kier molecular flexibility index (Phi) is 3.91. The molecule has 2 heterocycles. The number of rotatable bonds is 3. The summed E-state index contributed by atoms with van der Waals surface area (Å²) in [6.07, 6.45) is 7.62. The molecule has 88 valence electrons. The number of hydrogen-bond donors (Lipinski definition) is 1. The molecule has 1 aromatic heterocycles. The van der Waals surface area contributed by atoms with E-state index in [0.29, 0.717) is 6.04 Å².